The summed E-state index contributed by atoms with van der Waals surface area (Å²) in [5.74, 6) is 1.53. The van der Waals surface area contributed by atoms with Crippen molar-refractivity contribution in [1.82, 2.24) is 4.90 Å². The fraction of sp³-hybridized carbons (Fsp3) is 0.278. The van der Waals surface area contributed by atoms with Gasteiger partial charge in [0.05, 0.1) is 0 Å². The third-order valence-corrected chi connectivity index (χ3v) is 3.64. The molecule has 4 nitrogen and oxygen atoms in total. The predicted molar refractivity (Wildman–Crippen MR) is 84.4 cm³/mol. The Balaban J connectivity index is 1.73. The molecule has 1 aliphatic rings. The van der Waals surface area contributed by atoms with Gasteiger partial charge in [-0.1, -0.05) is 23.8 Å². The van der Waals surface area contributed by atoms with Gasteiger partial charge in [0, 0.05) is 19.2 Å². The highest BCUT2D eigenvalue weighted by Gasteiger charge is 2.15. The van der Waals surface area contributed by atoms with Crippen LogP contribution in [0.1, 0.15) is 21.5 Å². The van der Waals surface area contributed by atoms with E-state index in [-0.39, 0.29) is 5.91 Å². The molecule has 4 heteroatoms. The van der Waals surface area contributed by atoms with E-state index in [0.717, 1.165) is 22.6 Å². The van der Waals surface area contributed by atoms with E-state index in [0.29, 0.717) is 25.3 Å². The normalized spacial score (nSPS) is 12.8. The van der Waals surface area contributed by atoms with Gasteiger partial charge in [-0.3, -0.25) is 4.79 Å². The molecule has 22 heavy (non-hydrogen) atoms. The molecule has 0 aromatic heterocycles. The van der Waals surface area contributed by atoms with Crippen LogP contribution >= 0.6 is 0 Å². The van der Waals surface area contributed by atoms with Crippen LogP contribution in [0.3, 0.4) is 0 Å². The summed E-state index contributed by atoms with van der Waals surface area (Å²) in [4.78, 5) is 14.2. The number of carbonyl (C=O) groups is 1. The highest BCUT2D eigenvalue weighted by atomic mass is 16.6. The van der Waals surface area contributed by atoms with Gasteiger partial charge in [-0.25, -0.2) is 0 Å². The molecule has 3 rings (SSSR count). The highest BCUT2D eigenvalue weighted by Crippen LogP contribution is 2.31. The molecule has 0 atom stereocenters. The van der Waals surface area contributed by atoms with E-state index in [1.54, 1.807) is 4.90 Å². The average molecular weight is 297 g/mol. The third kappa shape index (κ3) is 3.06. The number of carbonyl (C=O) groups excluding carboxylic acids is 1. The number of amides is 1. The lowest BCUT2D eigenvalue weighted by Gasteiger charge is -2.21. The van der Waals surface area contributed by atoms with E-state index in [2.05, 4.69) is 0 Å². The van der Waals surface area contributed by atoms with E-state index >= 15 is 0 Å². The molecule has 1 aliphatic heterocycles. The maximum atomic E-state index is 12.5. The molecular weight excluding hydrogens is 278 g/mol. The molecule has 2 aromatic carbocycles. The summed E-state index contributed by atoms with van der Waals surface area (Å²) in [6.45, 7) is 3.66. The minimum absolute atomic E-state index is 0.0126. The molecule has 1 heterocycles. The summed E-state index contributed by atoms with van der Waals surface area (Å²) in [7, 11) is 1.81. The number of benzene rings is 2. The molecular formula is C18H19NO3. The first kappa shape index (κ1) is 14.4. The van der Waals surface area contributed by atoms with Crippen molar-refractivity contribution in [3.05, 3.63) is 59.2 Å². The predicted octanol–water partition coefficient (Wildman–Crippen LogP) is 3.04. The van der Waals surface area contributed by atoms with Crippen LogP contribution < -0.4 is 9.47 Å². The van der Waals surface area contributed by atoms with Crippen LogP contribution in [0.25, 0.3) is 0 Å². The smallest absolute Gasteiger partial charge is 0.253 e. The van der Waals surface area contributed by atoms with Crippen molar-refractivity contribution < 1.29 is 14.3 Å². The molecule has 1 amide bonds. The SMILES string of the molecule is Cc1cccc(C(=O)N(C)Cc2ccc3c(c2)OCCO3)c1. The lowest BCUT2D eigenvalue weighted by Crippen LogP contribution is -2.26. The fourth-order valence-corrected chi connectivity index (χ4v) is 2.53. The van der Waals surface area contributed by atoms with Crippen LogP contribution in [0.5, 0.6) is 11.5 Å². The van der Waals surface area contributed by atoms with Gasteiger partial charge in [-0.15, -0.1) is 0 Å². The maximum absolute atomic E-state index is 12.5. The average Bonchev–Trinajstić information content (AvgIpc) is 2.54. The number of aryl methyl sites for hydroxylation is 1. The monoisotopic (exact) mass is 297 g/mol. The second-order valence-electron chi connectivity index (χ2n) is 5.51. The van der Waals surface area contributed by atoms with Gasteiger partial charge in [-0.05, 0) is 36.8 Å². The van der Waals surface area contributed by atoms with Crippen LogP contribution in [0.2, 0.25) is 0 Å². The van der Waals surface area contributed by atoms with Gasteiger partial charge in [0.15, 0.2) is 11.5 Å². The van der Waals surface area contributed by atoms with Gasteiger partial charge >= 0.3 is 0 Å². The summed E-state index contributed by atoms with van der Waals surface area (Å²) >= 11 is 0. The van der Waals surface area contributed by atoms with Crippen LogP contribution in [-0.2, 0) is 6.54 Å². The first-order chi connectivity index (χ1) is 10.6. The Bertz CT molecular complexity index is 696. The second-order valence-corrected chi connectivity index (χ2v) is 5.51. The zero-order chi connectivity index (χ0) is 15.5. The summed E-state index contributed by atoms with van der Waals surface area (Å²) in [6.07, 6.45) is 0. The zero-order valence-electron chi connectivity index (χ0n) is 12.8. The number of nitrogens with zero attached hydrogens (tertiary/aromatic N) is 1. The van der Waals surface area contributed by atoms with Crippen molar-refractivity contribution in [2.45, 2.75) is 13.5 Å². The molecule has 2 aromatic rings. The number of hydrogen-bond acceptors (Lipinski definition) is 3. The lowest BCUT2D eigenvalue weighted by atomic mass is 10.1. The highest BCUT2D eigenvalue weighted by molar-refractivity contribution is 5.94. The summed E-state index contributed by atoms with van der Waals surface area (Å²) < 4.78 is 11.1. The van der Waals surface area contributed by atoms with E-state index in [9.17, 15) is 4.79 Å². The van der Waals surface area contributed by atoms with Crippen LogP contribution in [0.15, 0.2) is 42.5 Å². The van der Waals surface area contributed by atoms with Gasteiger partial charge in [0.2, 0.25) is 0 Å². The first-order valence-electron chi connectivity index (χ1n) is 7.34. The van der Waals surface area contributed by atoms with Gasteiger partial charge in [0.1, 0.15) is 13.2 Å². The largest absolute Gasteiger partial charge is 0.486 e. The van der Waals surface area contributed by atoms with Gasteiger partial charge < -0.3 is 14.4 Å². The van der Waals surface area contributed by atoms with E-state index in [1.165, 1.54) is 0 Å². The molecule has 0 saturated heterocycles. The van der Waals surface area contributed by atoms with Crippen LogP contribution in [0.4, 0.5) is 0 Å². The van der Waals surface area contributed by atoms with Crippen molar-refractivity contribution in [2.75, 3.05) is 20.3 Å². The molecule has 0 radical (unpaired) electrons. The third-order valence-electron chi connectivity index (χ3n) is 3.64. The Morgan fingerprint density at radius 2 is 1.86 bits per heavy atom. The number of fused-ring (bicyclic) bond motifs is 1. The first-order valence-corrected chi connectivity index (χ1v) is 7.34. The number of hydrogen-bond donors (Lipinski definition) is 0. The Labute approximate surface area is 130 Å². The van der Waals surface area contributed by atoms with Crippen molar-refractivity contribution in [3.63, 3.8) is 0 Å². The van der Waals surface area contributed by atoms with Crippen molar-refractivity contribution in [1.29, 1.82) is 0 Å². The molecule has 0 N–H and O–H groups in total. The fourth-order valence-electron chi connectivity index (χ4n) is 2.53. The summed E-state index contributed by atoms with van der Waals surface area (Å²) in [5.41, 5.74) is 2.81. The molecule has 0 aliphatic carbocycles. The molecule has 0 fully saturated rings. The Kier molecular flexibility index (Phi) is 4.00. The quantitative estimate of drug-likeness (QED) is 0.874. The zero-order valence-corrected chi connectivity index (χ0v) is 12.8. The van der Waals surface area contributed by atoms with Gasteiger partial charge in [-0.2, -0.15) is 0 Å². The number of rotatable bonds is 3. The summed E-state index contributed by atoms with van der Waals surface area (Å²) in [5, 5.41) is 0. The van der Waals surface area contributed by atoms with Crippen molar-refractivity contribution in [2.24, 2.45) is 0 Å². The minimum atomic E-state index is 0.0126. The molecule has 0 saturated carbocycles. The van der Waals surface area contributed by atoms with Crippen molar-refractivity contribution >= 4 is 5.91 Å². The van der Waals surface area contributed by atoms with Crippen molar-refractivity contribution in [3.8, 4) is 11.5 Å². The maximum Gasteiger partial charge on any atom is 0.253 e. The topological polar surface area (TPSA) is 38.8 Å². The lowest BCUT2D eigenvalue weighted by molar-refractivity contribution is 0.0784. The molecule has 0 spiro atoms. The Hall–Kier alpha value is -2.49. The Morgan fingerprint density at radius 1 is 1.09 bits per heavy atom. The number of ether oxygens (including phenoxy) is 2. The van der Waals surface area contributed by atoms with E-state index in [1.807, 2.05) is 56.4 Å². The van der Waals surface area contributed by atoms with Crippen LogP contribution in [-0.4, -0.2) is 31.1 Å². The van der Waals surface area contributed by atoms with Gasteiger partial charge in [0.25, 0.3) is 5.91 Å². The summed E-state index contributed by atoms with van der Waals surface area (Å²) in [6, 6.07) is 13.4. The molecule has 0 unspecified atom stereocenters. The van der Waals surface area contributed by atoms with E-state index < -0.39 is 0 Å². The van der Waals surface area contributed by atoms with E-state index in [4.69, 9.17) is 9.47 Å². The Morgan fingerprint density at radius 3 is 2.64 bits per heavy atom. The second kappa shape index (κ2) is 6.10. The van der Waals surface area contributed by atoms with Crippen LogP contribution in [0, 0.1) is 6.92 Å². The standard InChI is InChI=1S/C18H19NO3/c1-13-4-3-5-15(10-13)18(20)19(2)12-14-6-7-16-17(11-14)22-9-8-21-16/h3-7,10-11H,8-9,12H2,1-2H3. The molecule has 114 valence electrons. The minimum Gasteiger partial charge on any atom is -0.486 e. The molecule has 0 bridgehead atoms.